The molecule has 0 aromatic carbocycles. The van der Waals surface area contributed by atoms with Crippen LogP contribution in [-0.2, 0) is 6.54 Å². The highest BCUT2D eigenvalue weighted by molar-refractivity contribution is 7.99. The van der Waals surface area contributed by atoms with Crippen molar-refractivity contribution in [3.63, 3.8) is 0 Å². The van der Waals surface area contributed by atoms with Crippen LogP contribution >= 0.6 is 11.8 Å². The van der Waals surface area contributed by atoms with Crippen LogP contribution in [0.3, 0.4) is 0 Å². The molecule has 1 aromatic rings. The Kier molecular flexibility index (Phi) is 6.59. The highest BCUT2D eigenvalue weighted by Crippen LogP contribution is 2.28. The van der Waals surface area contributed by atoms with Gasteiger partial charge in [0.15, 0.2) is 0 Å². The van der Waals surface area contributed by atoms with Crippen molar-refractivity contribution in [3.8, 4) is 0 Å². The summed E-state index contributed by atoms with van der Waals surface area (Å²) in [6, 6.07) is 6.21. The average molecular weight is 320 g/mol. The Hall–Kier alpha value is -0.580. The number of hydrogen-bond donors (Lipinski definition) is 0. The molecule has 1 aliphatic carbocycles. The fraction of sp³-hybridized carbons (Fsp3) is 0.722. The molecule has 0 spiro atoms. The lowest BCUT2D eigenvalue weighted by atomic mass is 10.0. The summed E-state index contributed by atoms with van der Waals surface area (Å²) >= 11 is 2.23. The molecule has 2 aliphatic rings. The second-order valence-electron chi connectivity index (χ2n) is 6.57. The van der Waals surface area contributed by atoms with Crippen LogP contribution < -0.4 is 0 Å². The van der Waals surface area contributed by atoms with Crippen LogP contribution in [0.1, 0.15) is 37.8 Å². The SMILES string of the molecule is c1ccc(CN2CCN(CCSC3CCCCC3)CC2)nc1. The topological polar surface area (TPSA) is 19.4 Å². The average Bonchev–Trinajstić information content (AvgIpc) is 2.58. The monoisotopic (exact) mass is 319 g/mol. The highest BCUT2D eigenvalue weighted by Gasteiger charge is 2.18. The lowest BCUT2D eigenvalue weighted by Crippen LogP contribution is -2.46. The lowest BCUT2D eigenvalue weighted by Gasteiger charge is -2.34. The van der Waals surface area contributed by atoms with Gasteiger partial charge in [-0.3, -0.25) is 14.8 Å². The third-order valence-corrected chi connectivity index (χ3v) is 6.25. The molecule has 3 rings (SSSR count). The molecule has 22 heavy (non-hydrogen) atoms. The van der Waals surface area contributed by atoms with Crippen molar-refractivity contribution in [3.05, 3.63) is 30.1 Å². The van der Waals surface area contributed by atoms with E-state index in [1.54, 1.807) is 0 Å². The van der Waals surface area contributed by atoms with Crippen molar-refractivity contribution < 1.29 is 0 Å². The number of piperazine rings is 1. The Morgan fingerprint density at radius 3 is 2.50 bits per heavy atom. The van der Waals surface area contributed by atoms with Crippen molar-refractivity contribution in [2.75, 3.05) is 38.5 Å². The third-order valence-electron chi connectivity index (χ3n) is 4.89. The molecule has 0 N–H and O–H groups in total. The number of pyridine rings is 1. The Bertz CT molecular complexity index is 412. The van der Waals surface area contributed by atoms with E-state index in [0.29, 0.717) is 0 Å². The van der Waals surface area contributed by atoms with Gasteiger partial charge in [0.05, 0.1) is 5.69 Å². The summed E-state index contributed by atoms with van der Waals surface area (Å²) in [5, 5.41) is 0.958. The smallest absolute Gasteiger partial charge is 0.0543 e. The van der Waals surface area contributed by atoms with Crippen LogP contribution in [0.4, 0.5) is 0 Å². The Morgan fingerprint density at radius 1 is 1.00 bits per heavy atom. The van der Waals surface area contributed by atoms with Gasteiger partial charge in [-0.25, -0.2) is 0 Å². The fourth-order valence-electron chi connectivity index (χ4n) is 3.47. The van der Waals surface area contributed by atoms with Gasteiger partial charge in [0, 0.05) is 56.5 Å². The van der Waals surface area contributed by atoms with Gasteiger partial charge in [-0.2, -0.15) is 11.8 Å². The zero-order valence-corrected chi connectivity index (χ0v) is 14.4. The van der Waals surface area contributed by atoms with Crippen molar-refractivity contribution in [2.24, 2.45) is 0 Å². The summed E-state index contributed by atoms with van der Waals surface area (Å²) in [5.74, 6) is 1.32. The first-order chi connectivity index (χ1) is 10.9. The second-order valence-corrected chi connectivity index (χ2v) is 7.98. The molecule has 1 saturated carbocycles. The van der Waals surface area contributed by atoms with Gasteiger partial charge in [-0.05, 0) is 25.0 Å². The normalized spacial score (nSPS) is 22.0. The molecule has 2 fully saturated rings. The van der Waals surface area contributed by atoms with E-state index in [1.165, 1.54) is 76.3 Å². The minimum absolute atomic E-state index is 0.958. The van der Waals surface area contributed by atoms with E-state index in [1.807, 2.05) is 12.3 Å². The molecule has 2 heterocycles. The first-order valence-corrected chi connectivity index (χ1v) is 9.91. The van der Waals surface area contributed by atoms with Gasteiger partial charge in [0.1, 0.15) is 0 Å². The maximum Gasteiger partial charge on any atom is 0.0543 e. The predicted octanol–water partition coefficient (Wildman–Crippen LogP) is 3.27. The number of thioether (sulfide) groups is 1. The van der Waals surface area contributed by atoms with Crippen LogP contribution in [0.5, 0.6) is 0 Å². The lowest BCUT2D eigenvalue weighted by molar-refractivity contribution is 0.131. The zero-order valence-electron chi connectivity index (χ0n) is 13.6. The summed E-state index contributed by atoms with van der Waals surface area (Å²) in [5.41, 5.74) is 1.20. The summed E-state index contributed by atoms with van der Waals surface area (Å²) in [4.78, 5) is 9.61. The van der Waals surface area contributed by atoms with Crippen LogP contribution in [0.15, 0.2) is 24.4 Å². The molecule has 1 aliphatic heterocycles. The van der Waals surface area contributed by atoms with Crippen molar-refractivity contribution in [1.29, 1.82) is 0 Å². The Labute approximate surface area is 139 Å². The first-order valence-electron chi connectivity index (χ1n) is 8.86. The predicted molar refractivity (Wildman–Crippen MR) is 95.3 cm³/mol. The standard InChI is InChI=1S/C18H29N3S/c1-2-7-18(8-3-1)22-15-14-20-10-12-21(13-11-20)16-17-6-4-5-9-19-17/h4-6,9,18H,1-3,7-8,10-16H2. The van der Waals surface area contributed by atoms with E-state index >= 15 is 0 Å². The highest BCUT2D eigenvalue weighted by atomic mass is 32.2. The van der Waals surface area contributed by atoms with Crippen LogP contribution in [-0.4, -0.2) is 58.5 Å². The van der Waals surface area contributed by atoms with Crippen molar-refractivity contribution in [2.45, 2.75) is 43.9 Å². The van der Waals surface area contributed by atoms with Crippen LogP contribution in [0.2, 0.25) is 0 Å². The van der Waals surface area contributed by atoms with Crippen LogP contribution in [0, 0.1) is 0 Å². The second kappa shape index (κ2) is 8.90. The van der Waals surface area contributed by atoms with Gasteiger partial charge < -0.3 is 0 Å². The molecular weight excluding hydrogens is 290 g/mol. The molecule has 1 saturated heterocycles. The van der Waals surface area contributed by atoms with E-state index in [4.69, 9.17) is 0 Å². The molecule has 0 amide bonds. The molecule has 0 radical (unpaired) electrons. The van der Waals surface area contributed by atoms with E-state index < -0.39 is 0 Å². The molecule has 4 heteroatoms. The molecule has 122 valence electrons. The molecule has 0 atom stereocenters. The van der Waals surface area contributed by atoms with Crippen molar-refractivity contribution >= 4 is 11.8 Å². The quantitative estimate of drug-likeness (QED) is 0.801. The minimum Gasteiger partial charge on any atom is -0.300 e. The number of nitrogens with zero attached hydrogens (tertiary/aromatic N) is 3. The summed E-state index contributed by atoms with van der Waals surface area (Å²) in [6.07, 6.45) is 9.21. The molecule has 3 nitrogen and oxygen atoms in total. The van der Waals surface area contributed by atoms with Crippen molar-refractivity contribution in [1.82, 2.24) is 14.8 Å². The number of aromatic nitrogens is 1. The summed E-state index contributed by atoms with van der Waals surface area (Å²) in [6.45, 7) is 7.09. The number of rotatable bonds is 6. The van der Waals surface area contributed by atoms with Gasteiger partial charge in [-0.15, -0.1) is 0 Å². The van der Waals surface area contributed by atoms with E-state index in [2.05, 4.69) is 38.7 Å². The van der Waals surface area contributed by atoms with E-state index in [-0.39, 0.29) is 0 Å². The molecule has 1 aromatic heterocycles. The van der Waals surface area contributed by atoms with Gasteiger partial charge >= 0.3 is 0 Å². The Morgan fingerprint density at radius 2 is 1.77 bits per heavy atom. The van der Waals surface area contributed by atoms with Gasteiger partial charge in [0.2, 0.25) is 0 Å². The molecule has 0 bridgehead atoms. The maximum absolute atomic E-state index is 4.43. The maximum atomic E-state index is 4.43. The largest absolute Gasteiger partial charge is 0.300 e. The third kappa shape index (κ3) is 5.25. The van der Waals surface area contributed by atoms with Gasteiger partial charge in [-0.1, -0.05) is 25.3 Å². The van der Waals surface area contributed by atoms with Gasteiger partial charge in [0.25, 0.3) is 0 Å². The summed E-state index contributed by atoms with van der Waals surface area (Å²) < 4.78 is 0. The van der Waals surface area contributed by atoms with E-state index in [9.17, 15) is 0 Å². The molecule has 0 unspecified atom stereocenters. The zero-order chi connectivity index (χ0) is 15.0. The van der Waals surface area contributed by atoms with E-state index in [0.717, 1.165) is 11.8 Å². The fourth-order valence-corrected chi connectivity index (χ4v) is 4.84. The minimum atomic E-state index is 0.958. The molecular formula is C18H29N3S. The summed E-state index contributed by atoms with van der Waals surface area (Å²) in [7, 11) is 0. The Balaban J connectivity index is 1.30. The van der Waals surface area contributed by atoms with Crippen LogP contribution in [0.25, 0.3) is 0 Å². The number of hydrogen-bond acceptors (Lipinski definition) is 4. The first kappa shape index (κ1) is 16.3.